The second-order valence-electron chi connectivity index (χ2n) is 6.94. The van der Waals surface area contributed by atoms with Gasteiger partial charge in [-0.2, -0.15) is 4.99 Å². The maximum Gasteiger partial charge on any atom is 0.268 e. The molecule has 1 aromatic heterocycles. The minimum atomic E-state index is -0.508. The fourth-order valence-corrected chi connectivity index (χ4v) is 4.66. The predicted molar refractivity (Wildman–Crippen MR) is 112 cm³/mol. The van der Waals surface area contributed by atoms with Crippen LogP contribution in [0.2, 0.25) is 0 Å². The Labute approximate surface area is 172 Å². The van der Waals surface area contributed by atoms with Crippen LogP contribution in [0.1, 0.15) is 46.5 Å². The average molecular weight is 407 g/mol. The van der Waals surface area contributed by atoms with Crippen LogP contribution in [-0.4, -0.2) is 33.7 Å². The van der Waals surface area contributed by atoms with Crippen molar-refractivity contribution < 1.29 is 14.4 Å². The summed E-state index contributed by atoms with van der Waals surface area (Å²) in [6.45, 7) is 4.56. The molecule has 3 aromatic rings. The van der Waals surface area contributed by atoms with E-state index in [2.05, 4.69) is 37.0 Å². The standard InChI is InChI=1S/C22H21N3O3S/c1-3-11-24-17-10-9-14(4-2)12-18(17)29-22(24)23-19(26)13-25-20(27)15-7-5-6-8-16(15)21(25)28/h5-10,12H,3-4,11,13H2,1-2H3. The molecule has 0 fully saturated rings. The minimum Gasteiger partial charge on any atom is -0.316 e. The maximum absolute atomic E-state index is 12.6. The van der Waals surface area contributed by atoms with Crippen LogP contribution in [0.15, 0.2) is 47.5 Å². The highest BCUT2D eigenvalue weighted by Crippen LogP contribution is 2.22. The van der Waals surface area contributed by atoms with E-state index < -0.39 is 17.7 Å². The topological polar surface area (TPSA) is 71.7 Å². The molecule has 0 bridgehead atoms. The lowest BCUT2D eigenvalue weighted by Gasteiger charge is -2.10. The molecule has 0 unspecified atom stereocenters. The molecule has 0 radical (unpaired) electrons. The highest BCUT2D eigenvalue weighted by atomic mass is 32.1. The zero-order valence-corrected chi connectivity index (χ0v) is 17.2. The molecule has 0 saturated heterocycles. The Bertz CT molecular complexity index is 1170. The number of aromatic nitrogens is 1. The first-order chi connectivity index (χ1) is 14.0. The van der Waals surface area contributed by atoms with Gasteiger partial charge in [0.05, 0.1) is 21.3 Å². The fraction of sp³-hybridized carbons (Fsp3) is 0.273. The summed E-state index contributed by atoms with van der Waals surface area (Å²) < 4.78 is 3.10. The molecule has 2 heterocycles. The molecule has 7 heteroatoms. The van der Waals surface area contributed by atoms with E-state index in [0.29, 0.717) is 15.9 Å². The molecule has 3 amide bonds. The van der Waals surface area contributed by atoms with Gasteiger partial charge in [0.25, 0.3) is 17.7 Å². The third-order valence-electron chi connectivity index (χ3n) is 4.99. The highest BCUT2D eigenvalue weighted by molar-refractivity contribution is 7.16. The number of carbonyl (C=O) groups excluding carboxylic acids is 3. The van der Waals surface area contributed by atoms with E-state index in [1.807, 2.05) is 4.57 Å². The van der Waals surface area contributed by atoms with E-state index in [4.69, 9.17) is 0 Å². The normalized spacial score (nSPS) is 14.1. The lowest BCUT2D eigenvalue weighted by molar-refractivity contribution is -0.118. The van der Waals surface area contributed by atoms with Crippen molar-refractivity contribution in [1.82, 2.24) is 9.47 Å². The molecule has 0 spiro atoms. The number of benzene rings is 2. The van der Waals surface area contributed by atoms with Gasteiger partial charge in [0.15, 0.2) is 4.80 Å². The summed E-state index contributed by atoms with van der Waals surface area (Å²) in [5, 5.41) is 0. The number of aryl methyl sites for hydroxylation is 2. The van der Waals surface area contributed by atoms with Gasteiger partial charge in [-0.3, -0.25) is 19.3 Å². The van der Waals surface area contributed by atoms with Crippen molar-refractivity contribution in [2.24, 2.45) is 4.99 Å². The molecule has 0 aliphatic carbocycles. The molecule has 1 aliphatic heterocycles. The second kappa shape index (κ2) is 7.75. The summed E-state index contributed by atoms with van der Waals surface area (Å²) in [5.74, 6) is -1.40. The summed E-state index contributed by atoms with van der Waals surface area (Å²) in [4.78, 5) is 43.4. The Morgan fingerprint density at radius 3 is 2.34 bits per heavy atom. The van der Waals surface area contributed by atoms with E-state index in [1.165, 1.54) is 16.9 Å². The largest absolute Gasteiger partial charge is 0.316 e. The van der Waals surface area contributed by atoms with E-state index in [1.54, 1.807) is 24.3 Å². The first-order valence-electron chi connectivity index (χ1n) is 9.68. The van der Waals surface area contributed by atoms with Gasteiger partial charge in [-0.05, 0) is 42.7 Å². The Kier molecular flexibility index (Phi) is 5.15. The predicted octanol–water partition coefficient (Wildman–Crippen LogP) is 3.40. The first kappa shape index (κ1) is 19.3. The van der Waals surface area contributed by atoms with Crippen LogP contribution < -0.4 is 4.80 Å². The van der Waals surface area contributed by atoms with Gasteiger partial charge < -0.3 is 4.57 Å². The molecular formula is C22H21N3O3S. The van der Waals surface area contributed by atoms with Gasteiger partial charge in [0.1, 0.15) is 6.54 Å². The lowest BCUT2D eigenvalue weighted by Crippen LogP contribution is -2.35. The van der Waals surface area contributed by atoms with Crippen LogP contribution in [0.25, 0.3) is 10.2 Å². The van der Waals surface area contributed by atoms with Gasteiger partial charge in [0.2, 0.25) is 0 Å². The van der Waals surface area contributed by atoms with Crippen molar-refractivity contribution in [2.45, 2.75) is 33.2 Å². The summed E-state index contributed by atoms with van der Waals surface area (Å²) in [7, 11) is 0. The monoisotopic (exact) mass is 407 g/mol. The summed E-state index contributed by atoms with van der Waals surface area (Å²) in [6, 6.07) is 12.9. The fourth-order valence-electron chi connectivity index (χ4n) is 3.52. The zero-order chi connectivity index (χ0) is 20.5. The summed E-state index contributed by atoms with van der Waals surface area (Å²) in [5.41, 5.74) is 2.94. The van der Waals surface area contributed by atoms with Crippen LogP contribution >= 0.6 is 11.3 Å². The molecular weight excluding hydrogens is 386 g/mol. The number of hydrogen-bond acceptors (Lipinski definition) is 4. The lowest BCUT2D eigenvalue weighted by atomic mass is 10.1. The van der Waals surface area contributed by atoms with Gasteiger partial charge in [-0.15, -0.1) is 0 Å². The Balaban J connectivity index is 1.67. The van der Waals surface area contributed by atoms with Gasteiger partial charge in [-0.1, -0.05) is 43.4 Å². The molecule has 0 saturated carbocycles. The molecule has 29 heavy (non-hydrogen) atoms. The number of amides is 3. The first-order valence-corrected chi connectivity index (χ1v) is 10.5. The molecule has 6 nitrogen and oxygen atoms in total. The number of rotatable bonds is 5. The van der Waals surface area contributed by atoms with Crippen molar-refractivity contribution in [2.75, 3.05) is 6.54 Å². The molecule has 0 N–H and O–H groups in total. The van der Waals surface area contributed by atoms with E-state index in [9.17, 15) is 14.4 Å². The van der Waals surface area contributed by atoms with E-state index >= 15 is 0 Å². The Hall–Kier alpha value is -3.06. The van der Waals surface area contributed by atoms with Crippen LogP contribution in [-0.2, 0) is 17.8 Å². The number of nitrogens with zero attached hydrogens (tertiary/aromatic N) is 3. The molecule has 1 aliphatic rings. The SMILES string of the molecule is CCCn1c(=NC(=O)CN2C(=O)c3ccccc3C2=O)sc2cc(CC)ccc21. The highest BCUT2D eigenvalue weighted by Gasteiger charge is 2.36. The molecule has 2 aromatic carbocycles. The third-order valence-corrected chi connectivity index (χ3v) is 6.04. The van der Waals surface area contributed by atoms with Crippen LogP contribution in [0.3, 0.4) is 0 Å². The summed E-state index contributed by atoms with van der Waals surface area (Å²) >= 11 is 1.46. The number of fused-ring (bicyclic) bond motifs is 2. The van der Waals surface area contributed by atoms with Crippen LogP contribution in [0, 0.1) is 0 Å². The molecule has 4 rings (SSSR count). The number of thiazole rings is 1. The maximum atomic E-state index is 12.6. The average Bonchev–Trinajstić information content (AvgIpc) is 3.18. The van der Waals surface area contributed by atoms with Crippen molar-refractivity contribution in [3.8, 4) is 0 Å². The minimum absolute atomic E-state index is 0.334. The second-order valence-corrected chi connectivity index (χ2v) is 7.95. The quantitative estimate of drug-likeness (QED) is 0.609. The number of carbonyl (C=O) groups is 3. The number of imide groups is 1. The van der Waals surface area contributed by atoms with Crippen molar-refractivity contribution >= 4 is 39.3 Å². The Morgan fingerprint density at radius 1 is 1.03 bits per heavy atom. The Morgan fingerprint density at radius 2 is 1.72 bits per heavy atom. The van der Waals surface area contributed by atoms with E-state index in [-0.39, 0.29) is 6.54 Å². The van der Waals surface area contributed by atoms with Crippen molar-refractivity contribution in [3.63, 3.8) is 0 Å². The van der Waals surface area contributed by atoms with Gasteiger partial charge in [-0.25, -0.2) is 0 Å². The van der Waals surface area contributed by atoms with Crippen molar-refractivity contribution in [3.05, 3.63) is 64.0 Å². The smallest absolute Gasteiger partial charge is 0.268 e. The summed E-state index contributed by atoms with van der Waals surface area (Å²) in [6.07, 6.45) is 1.84. The van der Waals surface area contributed by atoms with Crippen LogP contribution in [0.4, 0.5) is 0 Å². The zero-order valence-electron chi connectivity index (χ0n) is 16.3. The molecule has 0 atom stereocenters. The number of hydrogen-bond donors (Lipinski definition) is 0. The molecule has 148 valence electrons. The van der Waals surface area contributed by atoms with Crippen molar-refractivity contribution in [1.29, 1.82) is 0 Å². The third kappa shape index (κ3) is 3.42. The van der Waals surface area contributed by atoms with Crippen LogP contribution in [0.5, 0.6) is 0 Å². The van der Waals surface area contributed by atoms with Gasteiger partial charge in [0, 0.05) is 6.54 Å². The van der Waals surface area contributed by atoms with E-state index in [0.717, 1.165) is 34.5 Å². The van der Waals surface area contributed by atoms with Gasteiger partial charge >= 0.3 is 0 Å².